The molecule has 0 spiro atoms. The van der Waals surface area contributed by atoms with Gasteiger partial charge in [0.2, 0.25) is 5.95 Å². The van der Waals surface area contributed by atoms with Crippen molar-refractivity contribution in [1.82, 2.24) is 19.5 Å². The molecular weight excluding hydrogens is 264 g/mol. The number of fused-ring (bicyclic) bond motifs is 1. The lowest BCUT2D eigenvalue weighted by atomic mass is 10.3. The first-order chi connectivity index (χ1) is 9.65. The average molecular weight is 278 g/mol. The highest BCUT2D eigenvalue weighted by Crippen LogP contribution is 2.24. The lowest BCUT2D eigenvalue weighted by Gasteiger charge is -2.27. The van der Waals surface area contributed by atoms with Crippen LogP contribution in [0.5, 0.6) is 0 Å². The van der Waals surface area contributed by atoms with Gasteiger partial charge in [0.05, 0.1) is 19.5 Å². The smallest absolute Gasteiger partial charge is 0.323 e. The lowest BCUT2D eigenvalue weighted by molar-refractivity contribution is -0.137. The minimum absolute atomic E-state index is 0.103. The topological polar surface area (TPSA) is 119 Å². The Balaban J connectivity index is 2.07. The second-order valence-electron chi connectivity index (χ2n) is 4.44. The van der Waals surface area contributed by atoms with Crippen LogP contribution in [0.3, 0.4) is 0 Å². The highest BCUT2D eigenvalue weighted by molar-refractivity contribution is 5.85. The Morgan fingerprint density at radius 1 is 1.40 bits per heavy atom. The molecule has 0 bridgehead atoms. The number of carboxylic acid groups (broad SMARTS) is 1. The number of hydrogen-bond acceptors (Lipinski definition) is 7. The number of nitrogen functional groups attached to an aromatic ring is 1. The predicted molar refractivity (Wildman–Crippen MR) is 70.4 cm³/mol. The Labute approximate surface area is 114 Å². The molecule has 20 heavy (non-hydrogen) atoms. The summed E-state index contributed by atoms with van der Waals surface area (Å²) in [7, 11) is 0. The van der Waals surface area contributed by atoms with Crippen molar-refractivity contribution in [2.24, 2.45) is 0 Å². The maximum Gasteiger partial charge on any atom is 0.323 e. The number of carbonyl (C=O) groups is 1. The number of aliphatic carboxylic acids is 1. The van der Waals surface area contributed by atoms with Crippen molar-refractivity contribution in [1.29, 1.82) is 0 Å². The molecule has 0 atom stereocenters. The Morgan fingerprint density at radius 2 is 2.15 bits per heavy atom. The van der Waals surface area contributed by atoms with Crippen LogP contribution in [0.1, 0.15) is 0 Å². The molecule has 3 heterocycles. The third-order valence-corrected chi connectivity index (χ3v) is 3.08. The number of hydrogen-bond donors (Lipinski definition) is 2. The van der Waals surface area contributed by atoms with Gasteiger partial charge in [0.15, 0.2) is 17.0 Å². The van der Waals surface area contributed by atoms with Crippen molar-refractivity contribution in [3.63, 3.8) is 0 Å². The molecule has 0 unspecified atom stereocenters. The van der Waals surface area contributed by atoms with E-state index in [1.54, 1.807) is 0 Å². The van der Waals surface area contributed by atoms with E-state index in [4.69, 9.17) is 15.6 Å². The second-order valence-corrected chi connectivity index (χ2v) is 4.44. The summed E-state index contributed by atoms with van der Waals surface area (Å²) >= 11 is 0. The van der Waals surface area contributed by atoms with Crippen molar-refractivity contribution < 1.29 is 14.6 Å². The van der Waals surface area contributed by atoms with Gasteiger partial charge in [-0.3, -0.25) is 4.79 Å². The van der Waals surface area contributed by atoms with Crippen LogP contribution in [0.2, 0.25) is 0 Å². The van der Waals surface area contributed by atoms with Crippen molar-refractivity contribution in [3.05, 3.63) is 6.33 Å². The number of rotatable bonds is 3. The van der Waals surface area contributed by atoms with E-state index in [1.807, 2.05) is 4.90 Å². The molecule has 1 fully saturated rings. The van der Waals surface area contributed by atoms with E-state index >= 15 is 0 Å². The summed E-state index contributed by atoms with van der Waals surface area (Å²) in [6.07, 6.45) is 1.44. The molecule has 1 saturated heterocycles. The fourth-order valence-corrected chi connectivity index (χ4v) is 2.20. The summed E-state index contributed by atoms with van der Waals surface area (Å²) in [5, 5.41) is 8.88. The van der Waals surface area contributed by atoms with Crippen molar-refractivity contribution in [2.75, 3.05) is 36.9 Å². The van der Waals surface area contributed by atoms with Crippen LogP contribution < -0.4 is 10.6 Å². The normalized spacial score (nSPS) is 15.7. The third kappa shape index (κ3) is 2.23. The van der Waals surface area contributed by atoms with Crippen LogP contribution in [0.4, 0.5) is 11.8 Å². The zero-order valence-corrected chi connectivity index (χ0v) is 10.7. The molecule has 106 valence electrons. The summed E-state index contributed by atoms with van der Waals surface area (Å²) in [6.45, 7) is 2.40. The number of carboxylic acids is 1. The first-order valence-electron chi connectivity index (χ1n) is 6.18. The van der Waals surface area contributed by atoms with Gasteiger partial charge in [-0.2, -0.15) is 9.97 Å². The summed E-state index contributed by atoms with van der Waals surface area (Å²) in [5.41, 5.74) is 6.71. The van der Waals surface area contributed by atoms with Crippen LogP contribution in [-0.2, 0) is 16.1 Å². The first-order valence-corrected chi connectivity index (χ1v) is 6.18. The average Bonchev–Trinajstić information content (AvgIpc) is 2.81. The molecule has 9 heteroatoms. The van der Waals surface area contributed by atoms with Crippen molar-refractivity contribution in [2.45, 2.75) is 6.54 Å². The minimum Gasteiger partial charge on any atom is -0.480 e. The molecule has 0 saturated carbocycles. The molecule has 3 rings (SSSR count). The van der Waals surface area contributed by atoms with Gasteiger partial charge in [0.25, 0.3) is 0 Å². The fraction of sp³-hybridized carbons (Fsp3) is 0.455. The highest BCUT2D eigenvalue weighted by Gasteiger charge is 2.20. The van der Waals surface area contributed by atoms with E-state index < -0.39 is 5.97 Å². The van der Waals surface area contributed by atoms with E-state index in [-0.39, 0.29) is 12.5 Å². The summed E-state index contributed by atoms with van der Waals surface area (Å²) in [6, 6.07) is 0. The molecule has 0 radical (unpaired) electrons. The summed E-state index contributed by atoms with van der Waals surface area (Å²) < 4.78 is 6.75. The molecule has 2 aromatic heterocycles. The van der Waals surface area contributed by atoms with Crippen LogP contribution in [0.15, 0.2) is 6.33 Å². The van der Waals surface area contributed by atoms with E-state index in [0.29, 0.717) is 43.3 Å². The number of morpholine rings is 1. The molecule has 1 aliphatic heterocycles. The van der Waals surface area contributed by atoms with E-state index in [2.05, 4.69) is 15.0 Å². The van der Waals surface area contributed by atoms with E-state index in [9.17, 15) is 4.79 Å². The first kappa shape index (κ1) is 12.6. The number of nitrogens with zero attached hydrogens (tertiary/aromatic N) is 5. The van der Waals surface area contributed by atoms with E-state index in [0.717, 1.165) is 0 Å². The largest absolute Gasteiger partial charge is 0.480 e. The molecule has 1 aliphatic rings. The van der Waals surface area contributed by atoms with Gasteiger partial charge in [0.1, 0.15) is 6.54 Å². The third-order valence-electron chi connectivity index (χ3n) is 3.08. The minimum atomic E-state index is -0.964. The fourth-order valence-electron chi connectivity index (χ4n) is 2.20. The molecule has 0 aliphatic carbocycles. The van der Waals surface area contributed by atoms with Crippen LogP contribution >= 0.6 is 0 Å². The predicted octanol–water partition coefficient (Wildman–Crippen LogP) is -0.670. The Morgan fingerprint density at radius 3 is 2.85 bits per heavy atom. The lowest BCUT2D eigenvalue weighted by Crippen LogP contribution is -2.37. The quantitative estimate of drug-likeness (QED) is 0.758. The van der Waals surface area contributed by atoms with Gasteiger partial charge in [0, 0.05) is 13.1 Å². The monoisotopic (exact) mass is 278 g/mol. The van der Waals surface area contributed by atoms with Crippen LogP contribution in [-0.4, -0.2) is 56.9 Å². The van der Waals surface area contributed by atoms with Crippen LogP contribution in [0.25, 0.3) is 11.2 Å². The molecule has 0 aromatic carbocycles. The van der Waals surface area contributed by atoms with Gasteiger partial charge >= 0.3 is 5.97 Å². The summed E-state index contributed by atoms with van der Waals surface area (Å²) in [5.74, 6) is -0.236. The Bertz CT molecular complexity index is 649. The van der Waals surface area contributed by atoms with Gasteiger partial charge < -0.3 is 25.0 Å². The second kappa shape index (κ2) is 4.93. The maximum absolute atomic E-state index is 10.8. The van der Waals surface area contributed by atoms with Gasteiger partial charge in [-0.1, -0.05) is 0 Å². The SMILES string of the molecule is Nc1nc(N2CCOCC2)c2ncn(CC(=O)O)c2n1. The Hall–Kier alpha value is -2.42. The van der Waals surface area contributed by atoms with Crippen LogP contribution in [0, 0.1) is 0 Å². The van der Waals surface area contributed by atoms with Gasteiger partial charge in [-0.25, -0.2) is 4.98 Å². The Kier molecular flexibility index (Phi) is 3.11. The number of nitrogens with two attached hydrogens (primary N) is 1. The van der Waals surface area contributed by atoms with Gasteiger partial charge in [-0.05, 0) is 0 Å². The molecule has 0 amide bonds. The van der Waals surface area contributed by atoms with Crippen molar-refractivity contribution >= 4 is 28.9 Å². The zero-order valence-electron chi connectivity index (χ0n) is 10.7. The number of ether oxygens (including phenoxy) is 1. The number of aromatic nitrogens is 4. The highest BCUT2D eigenvalue weighted by atomic mass is 16.5. The molecule has 9 nitrogen and oxygen atoms in total. The molecule has 2 aromatic rings. The van der Waals surface area contributed by atoms with Gasteiger partial charge in [-0.15, -0.1) is 0 Å². The number of imidazole rings is 1. The molecule has 3 N–H and O–H groups in total. The number of anilines is 2. The van der Waals surface area contributed by atoms with Crippen molar-refractivity contribution in [3.8, 4) is 0 Å². The zero-order chi connectivity index (χ0) is 14.1. The van der Waals surface area contributed by atoms with E-state index in [1.165, 1.54) is 10.9 Å². The maximum atomic E-state index is 10.8. The summed E-state index contributed by atoms with van der Waals surface area (Å²) in [4.78, 5) is 25.4. The molecular formula is C11H14N6O3. The standard InChI is InChI=1S/C11H14N6O3/c12-11-14-9(16-1-3-20-4-2-16)8-10(15-11)17(6-13-8)5-7(18)19/h6H,1-5H2,(H,18,19)(H2,12,14,15).